The summed E-state index contributed by atoms with van der Waals surface area (Å²) in [4.78, 5) is 0. The highest BCUT2D eigenvalue weighted by atomic mass is 16.5. The quantitative estimate of drug-likeness (QED) is 0.891. The predicted molar refractivity (Wildman–Crippen MR) is 78.7 cm³/mol. The van der Waals surface area contributed by atoms with E-state index in [2.05, 4.69) is 33.0 Å². The fourth-order valence-electron chi connectivity index (χ4n) is 3.01. The Morgan fingerprint density at radius 3 is 2.45 bits per heavy atom. The van der Waals surface area contributed by atoms with E-state index < -0.39 is 5.60 Å². The molecule has 0 spiro atoms. The molecular formula is C16H27NO3. The first-order chi connectivity index (χ1) is 9.02. The lowest BCUT2D eigenvalue weighted by Crippen LogP contribution is -2.48. The van der Waals surface area contributed by atoms with Crippen molar-refractivity contribution in [1.29, 1.82) is 0 Å². The Morgan fingerprint density at radius 2 is 2.00 bits per heavy atom. The summed E-state index contributed by atoms with van der Waals surface area (Å²) in [6.07, 6.45) is 0.924. The minimum Gasteiger partial charge on any atom is -0.463 e. The third-order valence-electron chi connectivity index (χ3n) is 4.04. The van der Waals surface area contributed by atoms with Crippen molar-refractivity contribution in [3.05, 3.63) is 23.7 Å². The minimum absolute atomic E-state index is 0.131. The van der Waals surface area contributed by atoms with Gasteiger partial charge in [0, 0.05) is 12.6 Å². The van der Waals surface area contributed by atoms with Gasteiger partial charge >= 0.3 is 0 Å². The van der Waals surface area contributed by atoms with Gasteiger partial charge in [-0.3, -0.25) is 0 Å². The molecule has 2 N–H and O–H groups in total. The Kier molecular flexibility index (Phi) is 3.78. The first-order valence-corrected chi connectivity index (χ1v) is 7.25. The summed E-state index contributed by atoms with van der Waals surface area (Å²) >= 11 is 0. The Morgan fingerprint density at radius 1 is 1.35 bits per heavy atom. The summed E-state index contributed by atoms with van der Waals surface area (Å²) in [5.74, 6) is 1.41. The third kappa shape index (κ3) is 3.25. The van der Waals surface area contributed by atoms with E-state index in [1.807, 2.05) is 19.1 Å². The number of rotatable bonds is 4. The zero-order valence-electron chi connectivity index (χ0n) is 13.4. The number of aliphatic hydroxyl groups is 1. The average molecular weight is 281 g/mol. The minimum atomic E-state index is -1.02. The average Bonchev–Trinajstić information content (AvgIpc) is 2.77. The molecule has 1 aromatic heterocycles. The van der Waals surface area contributed by atoms with Crippen molar-refractivity contribution < 1.29 is 14.3 Å². The Bertz CT molecular complexity index is 474. The van der Waals surface area contributed by atoms with Crippen LogP contribution in [0, 0.1) is 6.92 Å². The molecule has 0 amide bonds. The van der Waals surface area contributed by atoms with Crippen LogP contribution in [0.5, 0.6) is 0 Å². The van der Waals surface area contributed by atoms with E-state index in [0.717, 1.165) is 12.2 Å². The molecule has 2 heterocycles. The van der Waals surface area contributed by atoms with E-state index in [0.29, 0.717) is 12.3 Å². The number of hydrogen-bond acceptors (Lipinski definition) is 4. The third-order valence-corrected chi connectivity index (χ3v) is 4.04. The van der Waals surface area contributed by atoms with Crippen molar-refractivity contribution in [2.45, 2.75) is 70.8 Å². The summed E-state index contributed by atoms with van der Waals surface area (Å²) < 4.78 is 11.6. The van der Waals surface area contributed by atoms with Gasteiger partial charge < -0.3 is 19.6 Å². The standard InChI is InChI=1S/C16H27NO3/c1-11-7-8-13(19-11)16(6,18)10-17-12-9-14(2,3)20-15(12,4)5/h7-8,12,17-18H,9-10H2,1-6H3. The molecule has 0 aliphatic carbocycles. The summed E-state index contributed by atoms with van der Waals surface area (Å²) in [6, 6.07) is 3.91. The second-order valence-corrected chi connectivity index (χ2v) is 7.29. The van der Waals surface area contributed by atoms with Crippen LogP contribution in [0.15, 0.2) is 16.5 Å². The van der Waals surface area contributed by atoms with Crippen molar-refractivity contribution in [2.75, 3.05) is 6.54 Å². The molecule has 0 radical (unpaired) electrons. The lowest BCUT2D eigenvalue weighted by atomic mass is 9.93. The Hall–Kier alpha value is -0.840. The van der Waals surface area contributed by atoms with Crippen LogP contribution in [0.3, 0.4) is 0 Å². The first kappa shape index (κ1) is 15.5. The molecule has 0 aromatic carbocycles. The normalized spacial score (nSPS) is 27.4. The molecule has 2 rings (SSSR count). The number of hydrogen-bond donors (Lipinski definition) is 2. The van der Waals surface area contributed by atoms with Gasteiger partial charge in [-0.1, -0.05) is 0 Å². The van der Waals surface area contributed by atoms with Gasteiger partial charge in [0.15, 0.2) is 0 Å². The van der Waals surface area contributed by atoms with Gasteiger partial charge in [0.1, 0.15) is 17.1 Å². The molecule has 20 heavy (non-hydrogen) atoms. The van der Waals surface area contributed by atoms with Crippen molar-refractivity contribution >= 4 is 0 Å². The second-order valence-electron chi connectivity index (χ2n) is 7.29. The molecule has 0 bridgehead atoms. The molecule has 1 aliphatic rings. The zero-order chi connectivity index (χ0) is 15.2. The second kappa shape index (κ2) is 4.86. The van der Waals surface area contributed by atoms with Gasteiger partial charge in [-0.25, -0.2) is 0 Å². The van der Waals surface area contributed by atoms with Crippen LogP contribution in [-0.2, 0) is 10.3 Å². The van der Waals surface area contributed by atoms with Crippen molar-refractivity contribution in [2.24, 2.45) is 0 Å². The predicted octanol–water partition coefficient (Wildman–Crippen LogP) is 2.73. The number of aryl methyl sites for hydroxylation is 1. The van der Waals surface area contributed by atoms with E-state index in [9.17, 15) is 5.11 Å². The van der Waals surface area contributed by atoms with Crippen LogP contribution in [0.4, 0.5) is 0 Å². The molecule has 4 heteroatoms. The fraction of sp³-hybridized carbons (Fsp3) is 0.750. The molecule has 1 fully saturated rings. The molecule has 4 nitrogen and oxygen atoms in total. The smallest absolute Gasteiger partial charge is 0.136 e. The maximum Gasteiger partial charge on any atom is 0.136 e. The highest BCUT2D eigenvalue weighted by molar-refractivity contribution is 5.13. The summed E-state index contributed by atoms with van der Waals surface area (Å²) in [5.41, 5.74) is -1.38. The maximum absolute atomic E-state index is 10.6. The largest absolute Gasteiger partial charge is 0.463 e. The molecule has 2 unspecified atom stereocenters. The van der Waals surface area contributed by atoms with Crippen LogP contribution < -0.4 is 5.32 Å². The highest BCUT2D eigenvalue weighted by Crippen LogP contribution is 2.37. The molecule has 1 saturated heterocycles. The van der Waals surface area contributed by atoms with Gasteiger partial charge in [0.25, 0.3) is 0 Å². The Balaban J connectivity index is 2.01. The lowest BCUT2D eigenvalue weighted by Gasteiger charge is -2.30. The van der Waals surface area contributed by atoms with Crippen molar-refractivity contribution in [1.82, 2.24) is 5.32 Å². The van der Waals surface area contributed by atoms with Crippen molar-refractivity contribution in [3.8, 4) is 0 Å². The molecule has 0 saturated carbocycles. The molecule has 1 aromatic rings. The molecular weight excluding hydrogens is 254 g/mol. The molecule has 1 aliphatic heterocycles. The maximum atomic E-state index is 10.6. The topological polar surface area (TPSA) is 54.6 Å². The number of furan rings is 1. The van der Waals surface area contributed by atoms with Gasteiger partial charge in [-0.15, -0.1) is 0 Å². The van der Waals surface area contributed by atoms with E-state index >= 15 is 0 Å². The van der Waals surface area contributed by atoms with Crippen LogP contribution in [0.2, 0.25) is 0 Å². The van der Waals surface area contributed by atoms with E-state index in [-0.39, 0.29) is 17.2 Å². The monoisotopic (exact) mass is 281 g/mol. The van der Waals surface area contributed by atoms with E-state index in [1.165, 1.54) is 0 Å². The van der Waals surface area contributed by atoms with E-state index in [4.69, 9.17) is 9.15 Å². The van der Waals surface area contributed by atoms with E-state index in [1.54, 1.807) is 6.92 Å². The van der Waals surface area contributed by atoms with Crippen LogP contribution >= 0.6 is 0 Å². The number of ether oxygens (including phenoxy) is 1. The van der Waals surface area contributed by atoms with Gasteiger partial charge in [0.2, 0.25) is 0 Å². The highest BCUT2D eigenvalue weighted by Gasteiger charge is 2.46. The van der Waals surface area contributed by atoms with Crippen LogP contribution in [0.1, 0.15) is 52.6 Å². The van der Waals surface area contributed by atoms with Crippen molar-refractivity contribution in [3.63, 3.8) is 0 Å². The van der Waals surface area contributed by atoms with Gasteiger partial charge in [0.05, 0.1) is 11.2 Å². The summed E-state index contributed by atoms with van der Waals surface area (Å²) in [7, 11) is 0. The zero-order valence-corrected chi connectivity index (χ0v) is 13.4. The molecule has 2 atom stereocenters. The summed E-state index contributed by atoms with van der Waals surface area (Å²) in [6.45, 7) is 12.5. The fourth-order valence-corrected chi connectivity index (χ4v) is 3.01. The Labute approximate surface area is 121 Å². The first-order valence-electron chi connectivity index (χ1n) is 7.25. The van der Waals surface area contributed by atoms with Crippen LogP contribution in [0.25, 0.3) is 0 Å². The van der Waals surface area contributed by atoms with Gasteiger partial charge in [-0.2, -0.15) is 0 Å². The SMILES string of the molecule is Cc1ccc(C(C)(O)CNC2CC(C)(C)OC2(C)C)o1. The number of nitrogens with one attached hydrogen (secondary N) is 1. The van der Waals surface area contributed by atoms with Crippen LogP contribution in [-0.4, -0.2) is 28.9 Å². The molecule has 114 valence electrons. The lowest BCUT2D eigenvalue weighted by molar-refractivity contribution is -0.0714. The summed E-state index contributed by atoms with van der Waals surface area (Å²) in [5, 5.41) is 14.0. The van der Waals surface area contributed by atoms with Gasteiger partial charge in [-0.05, 0) is 60.1 Å².